The van der Waals surface area contributed by atoms with Gasteiger partial charge >= 0.3 is 0 Å². The first-order valence-electron chi connectivity index (χ1n) is 6.48. The maximum Gasteiger partial charge on any atom is 0.0298 e. The van der Waals surface area contributed by atoms with Crippen molar-refractivity contribution >= 4 is 0 Å². The second kappa shape index (κ2) is 6.18. The summed E-state index contributed by atoms with van der Waals surface area (Å²) in [5, 5.41) is 3.58. The Hall–Kier alpha value is -0.860. The summed E-state index contributed by atoms with van der Waals surface area (Å²) in [5.41, 5.74) is 8.59. The van der Waals surface area contributed by atoms with Crippen LogP contribution in [0.2, 0.25) is 0 Å². The summed E-state index contributed by atoms with van der Waals surface area (Å²) in [5.74, 6) is 0.547. The Morgan fingerprint density at radius 3 is 2.29 bits per heavy atom. The van der Waals surface area contributed by atoms with Crippen molar-refractivity contribution in [3.05, 3.63) is 35.4 Å². The van der Waals surface area contributed by atoms with Gasteiger partial charge in [-0.15, -0.1) is 0 Å². The first-order valence-corrected chi connectivity index (χ1v) is 6.48. The molecular formula is C15H26N2. The van der Waals surface area contributed by atoms with Gasteiger partial charge in [-0.2, -0.15) is 0 Å². The summed E-state index contributed by atoms with van der Waals surface area (Å²) in [6.45, 7) is 10.4. The molecule has 1 aromatic carbocycles. The summed E-state index contributed by atoms with van der Waals surface area (Å²) in [6, 6.07) is 8.73. The van der Waals surface area contributed by atoms with E-state index in [0.29, 0.717) is 12.5 Å². The number of nitrogens with one attached hydrogen (secondary N) is 1. The number of nitrogens with two attached hydrogens (primary N) is 1. The van der Waals surface area contributed by atoms with Gasteiger partial charge in [-0.25, -0.2) is 0 Å². The van der Waals surface area contributed by atoms with Crippen LogP contribution in [-0.4, -0.2) is 18.6 Å². The van der Waals surface area contributed by atoms with Gasteiger partial charge in [-0.1, -0.05) is 43.7 Å². The predicted molar refractivity (Wildman–Crippen MR) is 75.2 cm³/mol. The minimum atomic E-state index is 0.0463. The van der Waals surface area contributed by atoms with Gasteiger partial charge in [0.15, 0.2) is 0 Å². The molecule has 3 N–H and O–H groups in total. The fourth-order valence-electron chi connectivity index (χ4n) is 1.76. The normalized spacial score (nSPS) is 14.9. The molecule has 1 aromatic rings. The molecular weight excluding hydrogens is 208 g/mol. The number of hydrogen-bond acceptors (Lipinski definition) is 2. The van der Waals surface area contributed by atoms with Gasteiger partial charge < -0.3 is 11.1 Å². The van der Waals surface area contributed by atoms with Crippen molar-refractivity contribution in [2.45, 2.75) is 39.7 Å². The average Bonchev–Trinajstić information content (AvgIpc) is 2.31. The van der Waals surface area contributed by atoms with Crippen LogP contribution in [0.15, 0.2) is 24.3 Å². The van der Waals surface area contributed by atoms with E-state index >= 15 is 0 Å². The minimum Gasteiger partial charge on any atom is -0.329 e. The fourth-order valence-corrected chi connectivity index (χ4v) is 1.76. The van der Waals surface area contributed by atoms with E-state index < -0.39 is 0 Å². The van der Waals surface area contributed by atoms with Gasteiger partial charge in [0.2, 0.25) is 0 Å². The molecule has 96 valence electrons. The summed E-state index contributed by atoms with van der Waals surface area (Å²) < 4.78 is 0. The zero-order chi connectivity index (χ0) is 12.9. The maximum absolute atomic E-state index is 5.84. The zero-order valence-corrected chi connectivity index (χ0v) is 11.6. The van der Waals surface area contributed by atoms with Crippen LogP contribution in [0.25, 0.3) is 0 Å². The first kappa shape index (κ1) is 14.2. The van der Waals surface area contributed by atoms with Crippen molar-refractivity contribution < 1.29 is 0 Å². The van der Waals surface area contributed by atoms with Crippen LogP contribution in [0.3, 0.4) is 0 Å². The lowest BCUT2D eigenvalue weighted by atomic mass is 9.88. The molecule has 17 heavy (non-hydrogen) atoms. The molecule has 1 unspecified atom stereocenters. The minimum absolute atomic E-state index is 0.0463. The molecule has 0 saturated heterocycles. The lowest BCUT2D eigenvalue weighted by molar-refractivity contribution is 0.271. The van der Waals surface area contributed by atoms with E-state index in [1.807, 2.05) is 0 Å². The lowest BCUT2D eigenvalue weighted by Crippen LogP contribution is -2.53. The van der Waals surface area contributed by atoms with Gasteiger partial charge in [0.1, 0.15) is 0 Å². The van der Waals surface area contributed by atoms with Crippen LogP contribution in [0.4, 0.5) is 0 Å². The molecule has 0 heterocycles. The summed E-state index contributed by atoms with van der Waals surface area (Å²) in [4.78, 5) is 0. The van der Waals surface area contributed by atoms with Crippen molar-refractivity contribution in [3.8, 4) is 0 Å². The van der Waals surface area contributed by atoms with E-state index in [1.165, 1.54) is 11.1 Å². The Morgan fingerprint density at radius 1 is 1.24 bits per heavy atom. The smallest absolute Gasteiger partial charge is 0.0298 e. The Balaban J connectivity index is 2.44. The van der Waals surface area contributed by atoms with E-state index in [0.717, 1.165) is 13.0 Å². The predicted octanol–water partition coefficient (Wildman–Crippen LogP) is 2.50. The van der Waals surface area contributed by atoms with E-state index in [-0.39, 0.29) is 5.54 Å². The molecule has 1 rings (SSSR count). The molecule has 0 aliphatic carbocycles. The van der Waals surface area contributed by atoms with Gasteiger partial charge in [-0.05, 0) is 38.3 Å². The number of hydrogen-bond donors (Lipinski definition) is 2. The second-order valence-corrected chi connectivity index (χ2v) is 5.44. The molecule has 0 aliphatic heterocycles. The Kier molecular flexibility index (Phi) is 5.16. The average molecular weight is 234 g/mol. The maximum atomic E-state index is 5.84. The molecule has 2 nitrogen and oxygen atoms in total. The SMILES string of the molecule is Cc1ccc(CCNC(C)(CN)C(C)C)cc1. The van der Waals surface area contributed by atoms with Crippen molar-refractivity contribution in [1.82, 2.24) is 5.32 Å². The molecule has 2 heteroatoms. The summed E-state index contributed by atoms with van der Waals surface area (Å²) in [7, 11) is 0. The highest BCUT2D eigenvalue weighted by molar-refractivity contribution is 5.21. The quantitative estimate of drug-likeness (QED) is 0.793. The first-order chi connectivity index (χ1) is 7.98. The van der Waals surface area contributed by atoms with E-state index in [2.05, 4.69) is 57.3 Å². The highest BCUT2D eigenvalue weighted by atomic mass is 15.0. The van der Waals surface area contributed by atoms with Crippen LogP contribution in [0, 0.1) is 12.8 Å². The number of aryl methyl sites for hydroxylation is 1. The van der Waals surface area contributed by atoms with E-state index in [9.17, 15) is 0 Å². The largest absolute Gasteiger partial charge is 0.329 e. The van der Waals surface area contributed by atoms with E-state index in [4.69, 9.17) is 5.73 Å². The number of rotatable bonds is 6. The Labute approximate surface area is 106 Å². The number of benzene rings is 1. The molecule has 0 saturated carbocycles. The molecule has 0 spiro atoms. The molecule has 1 atom stereocenters. The summed E-state index contributed by atoms with van der Waals surface area (Å²) in [6.07, 6.45) is 1.06. The van der Waals surface area contributed by atoms with Crippen LogP contribution < -0.4 is 11.1 Å². The van der Waals surface area contributed by atoms with Crippen molar-refractivity contribution in [2.24, 2.45) is 11.7 Å². The standard InChI is InChI=1S/C15H26N2/c1-12(2)15(4,11-16)17-10-9-14-7-5-13(3)6-8-14/h5-8,12,17H,9-11,16H2,1-4H3. The van der Waals surface area contributed by atoms with Gasteiger partial charge in [-0.3, -0.25) is 0 Å². The van der Waals surface area contributed by atoms with Gasteiger partial charge in [0, 0.05) is 12.1 Å². The monoisotopic (exact) mass is 234 g/mol. The Morgan fingerprint density at radius 2 is 1.82 bits per heavy atom. The molecule has 0 amide bonds. The van der Waals surface area contributed by atoms with Gasteiger partial charge in [0.25, 0.3) is 0 Å². The molecule has 0 fully saturated rings. The summed E-state index contributed by atoms with van der Waals surface area (Å²) >= 11 is 0. The zero-order valence-electron chi connectivity index (χ0n) is 11.6. The second-order valence-electron chi connectivity index (χ2n) is 5.44. The fraction of sp³-hybridized carbons (Fsp3) is 0.600. The lowest BCUT2D eigenvalue weighted by Gasteiger charge is -2.33. The highest BCUT2D eigenvalue weighted by Gasteiger charge is 2.25. The molecule has 0 radical (unpaired) electrons. The molecule has 0 bridgehead atoms. The molecule has 0 aromatic heterocycles. The van der Waals surface area contributed by atoms with Crippen LogP contribution in [0.5, 0.6) is 0 Å². The van der Waals surface area contributed by atoms with Crippen molar-refractivity contribution in [3.63, 3.8) is 0 Å². The third-order valence-electron chi connectivity index (χ3n) is 3.76. The highest BCUT2D eigenvalue weighted by Crippen LogP contribution is 2.14. The van der Waals surface area contributed by atoms with E-state index in [1.54, 1.807) is 0 Å². The van der Waals surface area contributed by atoms with Gasteiger partial charge in [0.05, 0.1) is 0 Å². The third kappa shape index (κ3) is 4.14. The van der Waals surface area contributed by atoms with Crippen molar-refractivity contribution in [1.29, 1.82) is 0 Å². The molecule has 0 aliphatic rings. The Bertz CT molecular complexity index is 329. The van der Waals surface area contributed by atoms with Crippen LogP contribution >= 0.6 is 0 Å². The van der Waals surface area contributed by atoms with Crippen LogP contribution in [-0.2, 0) is 6.42 Å². The van der Waals surface area contributed by atoms with Crippen molar-refractivity contribution in [2.75, 3.05) is 13.1 Å². The third-order valence-corrected chi connectivity index (χ3v) is 3.76. The van der Waals surface area contributed by atoms with Crippen LogP contribution in [0.1, 0.15) is 31.9 Å². The topological polar surface area (TPSA) is 38.0 Å².